The van der Waals surface area contributed by atoms with Gasteiger partial charge in [0.25, 0.3) is 0 Å². The topological polar surface area (TPSA) is 52.4 Å². The van der Waals surface area contributed by atoms with Crippen molar-refractivity contribution in [3.8, 4) is 5.75 Å². The molecule has 0 aromatic heterocycles. The quantitative estimate of drug-likeness (QED) is 0.507. The highest BCUT2D eigenvalue weighted by Crippen LogP contribution is 2.38. The van der Waals surface area contributed by atoms with Crippen molar-refractivity contribution in [2.24, 2.45) is 0 Å². The van der Waals surface area contributed by atoms with E-state index in [1.807, 2.05) is 19.9 Å². The molecule has 0 aliphatic carbocycles. The molecule has 0 amide bonds. The first kappa shape index (κ1) is 8.99. The predicted octanol–water partition coefficient (Wildman–Crippen LogP) is 2.23. The van der Waals surface area contributed by atoms with Gasteiger partial charge in [-0.3, -0.25) is 10.1 Å². The van der Waals surface area contributed by atoms with E-state index in [0.29, 0.717) is 5.75 Å². The summed E-state index contributed by atoms with van der Waals surface area (Å²) in [5.74, 6) is 0.452. The van der Waals surface area contributed by atoms with E-state index < -0.39 is 0 Å². The van der Waals surface area contributed by atoms with Crippen molar-refractivity contribution in [3.05, 3.63) is 33.4 Å². The molecule has 0 fully saturated rings. The summed E-state index contributed by atoms with van der Waals surface area (Å²) in [4.78, 5) is 10.4. The standard InChI is InChI=1S/C10H11NO3/c1-6-3-8-5-7(2)14-10(8)9(4-6)11(12)13/h3-4,7H,5H2,1-2H3. The largest absolute Gasteiger partial charge is 0.483 e. The Bertz CT molecular complexity index is 401. The number of rotatable bonds is 1. The van der Waals surface area contributed by atoms with Crippen molar-refractivity contribution >= 4 is 5.69 Å². The number of nitro benzene ring substituents is 1. The van der Waals surface area contributed by atoms with Crippen LogP contribution < -0.4 is 4.74 Å². The summed E-state index contributed by atoms with van der Waals surface area (Å²) in [6.45, 7) is 3.77. The number of fused-ring (bicyclic) bond motifs is 1. The number of aryl methyl sites for hydroxylation is 1. The molecule has 1 aromatic rings. The zero-order valence-electron chi connectivity index (χ0n) is 8.11. The van der Waals surface area contributed by atoms with Gasteiger partial charge in [0.2, 0.25) is 5.75 Å². The lowest BCUT2D eigenvalue weighted by atomic mass is 10.1. The van der Waals surface area contributed by atoms with Crippen molar-refractivity contribution in [2.45, 2.75) is 26.4 Å². The highest BCUT2D eigenvalue weighted by Gasteiger charge is 2.28. The van der Waals surface area contributed by atoms with Gasteiger partial charge in [-0.1, -0.05) is 6.07 Å². The van der Waals surface area contributed by atoms with Crippen LogP contribution in [0.1, 0.15) is 18.1 Å². The van der Waals surface area contributed by atoms with E-state index in [2.05, 4.69) is 0 Å². The fraction of sp³-hybridized carbons (Fsp3) is 0.400. The molecule has 14 heavy (non-hydrogen) atoms. The van der Waals surface area contributed by atoms with Crippen molar-refractivity contribution in [3.63, 3.8) is 0 Å². The zero-order chi connectivity index (χ0) is 10.3. The zero-order valence-corrected chi connectivity index (χ0v) is 8.11. The monoisotopic (exact) mass is 193 g/mol. The fourth-order valence-electron chi connectivity index (χ4n) is 1.80. The number of ether oxygens (including phenoxy) is 1. The van der Waals surface area contributed by atoms with Crippen LogP contribution in [0, 0.1) is 17.0 Å². The maximum absolute atomic E-state index is 10.7. The van der Waals surface area contributed by atoms with Crippen LogP contribution in [0.2, 0.25) is 0 Å². The van der Waals surface area contributed by atoms with E-state index in [4.69, 9.17) is 4.74 Å². The van der Waals surface area contributed by atoms with Crippen LogP contribution in [-0.2, 0) is 6.42 Å². The van der Waals surface area contributed by atoms with Gasteiger partial charge in [0.15, 0.2) is 0 Å². The highest BCUT2D eigenvalue weighted by atomic mass is 16.6. The van der Waals surface area contributed by atoms with E-state index in [1.54, 1.807) is 6.07 Å². The minimum atomic E-state index is -0.385. The minimum Gasteiger partial charge on any atom is -0.483 e. The van der Waals surface area contributed by atoms with Crippen LogP contribution in [-0.4, -0.2) is 11.0 Å². The van der Waals surface area contributed by atoms with Gasteiger partial charge in [0.05, 0.1) is 4.92 Å². The summed E-state index contributed by atoms with van der Waals surface area (Å²) in [6, 6.07) is 3.50. The molecule has 0 saturated carbocycles. The minimum absolute atomic E-state index is 0.0468. The summed E-state index contributed by atoms with van der Waals surface area (Å²) in [6.07, 6.45) is 0.809. The molecule has 1 atom stereocenters. The Labute approximate surface area is 81.7 Å². The Morgan fingerprint density at radius 2 is 2.29 bits per heavy atom. The van der Waals surface area contributed by atoms with Gasteiger partial charge in [0.1, 0.15) is 6.10 Å². The number of nitro groups is 1. The summed E-state index contributed by atoms with van der Waals surface area (Å²) in [5.41, 5.74) is 1.95. The second-order valence-corrected chi connectivity index (χ2v) is 3.66. The van der Waals surface area contributed by atoms with Gasteiger partial charge in [-0.25, -0.2) is 0 Å². The first-order chi connectivity index (χ1) is 6.58. The first-order valence-corrected chi connectivity index (χ1v) is 4.52. The van der Waals surface area contributed by atoms with Gasteiger partial charge in [0, 0.05) is 18.1 Å². The van der Waals surface area contributed by atoms with E-state index in [1.165, 1.54) is 0 Å². The molecular formula is C10H11NO3. The third-order valence-electron chi connectivity index (χ3n) is 2.31. The summed E-state index contributed by atoms with van der Waals surface area (Å²) >= 11 is 0. The van der Waals surface area contributed by atoms with Gasteiger partial charge in [-0.2, -0.15) is 0 Å². The molecule has 1 heterocycles. The molecular weight excluding hydrogens is 182 g/mol. The smallest absolute Gasteiger partial charge is 0.311 e. The fourth-order valence-corrected chi connectivity index (χ4v) is 1.80. The summed E-state index contributed by atoms with van der Waals surface area (Å²) in [5, 5.41) is 10.7. The van der Waals surface area contributed by atoms with Crippen molar-refractivity contribution in [2.75, 3.05) is 0 Å². The molecule has 2 rings (SSSR count). The van der Waals surface area contributed by atoms with Gasteiger partial charge in [-0.05, 0) is 19.4 Å². The molecule has 1 aliphatic heterocycles. The summed E-state index contributed by atoms with van der Waals surface area (Å²) in [7, 11) is 0. The van der Waals surface area contributed by atoms with Crippen LogP contribution in [0.15, 0.2) is 12.1 Å². The highest BCUT2D eigenvalue weighted by molar-refractivity contribution is 5.56. The average Bonchev–Trinajstić information content (AvgIpc) is 2.42. The number of benzene rings is 1. The Morgan fingerprint density at radius 3 is 2.93 bits per heavy atom. The Kier molecular flexibility index (Phi) is 1.91. The van der Waals surface area contributed by atoms with Gasteiger partial charge < -0.3 is 4.74 Å². The molecule has 1 aromatic carbocycles. The third-order valence-corrected chi connectivity index (χ3v) is 2.31. The lowest BCUT2D eigenvalue weighted by Crippen LogP contribution is -2.05. The second-order valence-electron chi connectivity index (χ2n) is 3.66. The van der Waals surface area contributed by atoms with Gasteiger partial charge in [-0.15, -0.1) is 0 Å². The lowest BCUT2D eigenvalue weighted by molar-refractivity contribution is -0.385. The normalized spacial score (nSPS) is 18.9. The SMILES string of the molecule is Cc1cc2c(c([N+](=O)[O-])c1)OC(C)C2. The predicted molar refractivity (Wildman–Crippen MR) is 51.6 cm³/mol. The summed E-state index contributed by atoms with van der Waals surface area (Å²) < 4.78 is 5.41. The maximum atomic E-state index is 10.7. The van der Waals surface area contributed by atoms with Crippen molar-refractivity contribution in [1.29, 1.82) is 0 Å². The average molecular weight is 193 g/mol. The molecule has 4 heteroatoms. The molecule has 0 spiro atoms. The third kappa shape index (κ3) is 1.32. The number of nitrogens with zero attached hydrogens (tertiary/aromatic N) is 1. The first-order valence-electron chi connectivity index (χ1n) is 4.52. The maximum Gasteiger partial charge on any atom is 0.311 e. The molecule has 0 N–H and O–H groups in total. The molecule has 0 radical (unpaired) electrons. The van der Waals surface area contributed by atoms with E-state index in [0.717, 1.165) is 17.5 Å². The van der Waals surface area contributed by atoms with E-state index in [9.17, 15) is 10.1 Å². The molecule has 74 valence electrons. The van der Waals surface area contributed by atoms with E-state index >= 15 is 0 Å². The molecule has 1 aliphatic rings. The number of hydrogen-bond acceptors (Lipinski definition) is 3. The van der Waals surface area contributed by atoms with Crippen molar-refractivity contribution in [1.82, 2.24) is 0 Å². The molecule has 0 bridgehead atoms. The van der Waals surface area contributed by atoms with E-state index in [-0.39, 0.29) is 16.7 Å². The van der Waals surface area contributed by atoms with Crippen LogP contribution >= 0.6 is 0 Å². The molecule has 1 unspecified atom stereocenters. The second kappa shape index (κ2) is 2.97. The van der Waals surface area contributed by atoms with Crippen LogP contribution in [0.5, 0.6) is 5.75 Å². The number of hydrogen-bond donors (Lipinski definition) is 0. The molecule has 0 saturated heterocycles. The lowest BCUT2D eigenvalue weighted by Gasteiger charge is -2.03. The Morgan fingerprint density at radius 1 is 1.57 bits per heavy atom. The van der Waals surface area contributed by atoms with Crippen LogP contribution in [0.4, 0.5) is 5.69 Å². The Hall–Kier alpha value is -1.58. The Balaban J connectivity index is 2.57. The van der Waals surface area contributed by atoms with Crippen LogP contribution in [0.3, 0.4) is 0 Å². The van der Waals surface area contributed by atoms with Crippen LogP contribution in [0.25, 0.3) is 0 Å². The van der Waals surface area contributed by atoms with Gasteiger partial charge >= 0.3 is 5.69 Å². The molecule has 4 nitrogen and oxygen atoms in total. The van der Waals surface area contributed by atoms with Crippen molar-refractivity contribution < 1.29 is 9.66 Å².